The average molecular weight is 600 g/mol. The van der Waals surface area contributed by atoms with Crippen LogP contribution in [0.15, 0.2) is 77.7 Å². The van der Waals surface area contributed by atoms with E-state index >= 15 is 0 Å². The van der Waals surface area contributed by atoms with Crippen molar-refractivity contribution in [2.75, 3.05) is 24.0 Å². The summed E-state index contributed by atoms with van der Waals surface area (Å²) in [6.45, 7) is 8.05. The molecule has 3 aromatic rings. The maximum Gasteiger partial charge on any atom is 0.264 e. The Labute approximate surface area is 248 Å². The number of amides is 2. The molecule has 0 saturated carbocycles. The molecule has 0 aliphatic heterocycles. The number of sulfonamides is 1. The van der Waals surface area contributed by atoms with Crippen LogP contribution in [0.3, 0.4) is 0 Å². The van der Waals surface area contributed by atoms with Crippen molar-refractivity contribution in [1.29, 1.82) is 0 Å². The number of aryl methyl sites for hydroxylation is 1. The van der Waals surface area contributed by atoms with E-state index < -0.39 is 28.5 Å². The summed E-state index contributed by atoms with van der Waals surface area (Å²) in [6, 6.07) is 19.2. The highest BCUT2D eigenvalue weighted by molar-refractivity contribution is 7.92. The summed E-state index contributed by atoms with van der Waals surface area (Å²) >= 11 is 6.07. The predicted molar refractivity (Wildman–Crippen MR) is 163 cm³/mol. The number of ether oxygens (including phenoxy) is 1. The van der Waals surface area contributed by atoms with E-state index in [0.717, 1.165) is 21.9 Å². The highest BCUT2D eigenvalue weighted by Gasteiger charge is 2.33. The van der Waals surface area contributed by atoms with E-state index in [9.17, 15) is 18.0 Å². The highest BCUT2D eigenvalue weighted by Crippen LogP contribution is 2.26. The van der Waals surface area contributed by atoms with Gasteiger partial charge in [0, 0.05) is 18.1 Å². The van der Waals surface area contributed by atoms with Crippen molar-refractivity contribution in [3.8, 4) is 5.75 Å². The number of rotatable bonds is 14. The van der Waals surface area contributed by atoms with Crippen molar-refractivity contribution in [2.45, 2.75) is 58.0 Å². The lowest BCUT2D eigenvalue weighted by Crippen LogP contribution is -2.52. The minimum absolute atomic E-state index is 0.0197. The third-order valence-corrected chi connectivity index (χ3v) is 8.56. The van der Waals surface area contributed by atoms with Crippen LogP contribution in [0.2, 0.25) is 5.02 Å². The number of halogens is 1. The molecule has 0 fully saturated rings. The largest absolute Gasteiger partial charge is 0.494 e. The smallest absolute Gasteiger partial charge is 0.264 e. The number of carbonyl (C=O) groups is 2. The molecular weight excluding hydrogens is 562 g/mol. The zero-order chi connectivity index (χ0) is 30.0. The van der Waals surface area contributed by atoms with Gasteiger partial charge in [-0.15, -0.1) is 0 Å². The number of carbonyl (C=O) groups excluding carboxylic acids is 2. The monoisotopic (exact) mass is 599 g/mol. The van der Waals surface area contributed by atoms with Crippen LogP contribution in [0.5, 0.6) is 5.75 Å². The Hall–Kier alpha value is -3.56. The summed E-state index contributed by atoms with van der Waals surface area (Å²) < 4.78 is 34.5. The van der Waals surface area contributed by atoms with E-state index in [4.69, 9.17) is 16.3 Å². The van der Waals surface area contributed by atoms with Gasteiger partial charge < -0.3 is 15.0 Å². The summed E-state index contributed by atoms with van der Waals surface area (Å²) in [7, 11) is -4.16. The zero-order valence-electron chi connectivity index (χ0n) is 24.0. The maximum atomic E-state index is 14.1. The molecule has 0 bridgehead atoms. The van der Waals surface area contributed by atoms with Gasteiger partial charge in [0.1, 0.15) is 18.3 Å². The van der Waals surface area contributed by atoms with Crippen molar-refractivity contribution in [3.05, 3.63) is 88.9 Å². The van der Waals surface area contributed by atoms with Gasteiger partial charge in [-0.3, -0.25) is 13.9 Å². The Morgan fingerprint density at radius 3 is 2.12 bits per heavy atom. The Morgan fingerprint density at radius 1 is 0.927 bits per heavy atom. The molecule has 41 heavy (non-hydrogen) atoms. The second-order valence-corrected chi connectivity index (χ2v) is 11.9. The molecule has 3 rings (SSSR count). The fraction of sp³-hybridized carbons (Fsp3) is 0.355. The Balaban J connectivity index is 2.03. The minimum Gasteiger partial charge on any atom is -0.494 e. The lowest BCUT2D eigenvalue weighted by molar-refractivity contribution is -0.140. The number of anilines is 1. The van der Waals surface area contributed by atoms with Gasteiger partial charge in [-0.05, 0) is 80.8 Å². The number of nitrogens with one attached hydrogen (secondary N) is 1. The van der Waals surface area contributed by atoms with Crippen molar-refractivity contribution in [1.82, 2.24) is 10.2 Å². The average Bonchev–Trinajstić information content (AvgIpc) is 2.96. The molecule has 0 radical (unpaired) electrons. The zero-order valence-corrected chi connectivity index (χ0v) is 25.5. The Bertz CT molecular complexity index is 1400. The fourth-order valence-electron chi connectivity index (χ4n) is 4.31. The lowest BCUT2D eigenvalue weighted by Gasteiger charge is -2.33. The molecule has 220 valence electrons. The molecule has 0 aliphatic rings. The molecule has 0 unspecified atom stereocenters. The normalized spacial score (nSPS) is 11.9. The van der Waals surface area contributed by atoms with Crippen LogP contribution in [-0.2, 0) is 26.2 Å². The molecule has 2 amide bonds. The van der Waals surface area contributed by atoms with Crippen LogP contribution in [0, 0.1) is 6.92 Å². The van der Waals surface area contributed by atoms with Crippen molar-refractivity contribution in [3.63, 3.8) is 0 Å². The van der Waals surface area contributed by atoms with E-state index in [1.54, 1.807) is 60.7 Å². The molecule has 0 heterocycles. The number of hydrogen-bond donors (Lipinski definition) is 1. The van der Waals surface area contributed by atoms with Crippen LogP contribution >= 0.6 is 11.6 Å². The number of nitrogens with zero attached hydrogens (tertiary/aromatic N) is 2. The first kappa shape index (κ1) is 32.0. The van der Waals surface area contributed by atoms with Gasteiger partial charge in [-0.2, -0.15) is 0 Å². The van der Waals surface area contributed by atoms with E-state index in [0.29, 0.717) is 36.0 Å². The van der Waals surface area contributed by atoms with Gasteiger partial charge >= 0.3 is 0 Å². The maximum absolute atomic E-state index is 14.1. The summed E-state index contributed by atoms with van der Waals surface area (Å²) in [5, 5.41) is 3.43. The molecule has 1 atom stereocenters. The summed E-state index contributed by atoms with van der Waals surface area (Å²) in [5.74, 6) is -0.246. The summed E-state index contributed by atoms with van der Waals surface area (Å²) in [4.78, 5) is 28.7. The minimum atomic E-state index is -4.16. The summed E-state index contributed by atoms with van der Waals surface area (Å²) in [5.41, 5.74) is 2.05. The molecule has 0 spiro atoms. The molecule has 3 aromatic carbocycles. The highest BCUT2D eigenvalue weighted by atomic mass is 35.5. The third-order valence-electron chi connectivity index (χ3n) is 6.52. The molecule has 8 nitrogen and oxygen atoms in total. The predicted octanol–water partition coefficient (Wildman–Crippen LogP) is 5.58. The van der Waals surface area contributed by atoms with E-state index in [1.165, 1.54) is 17.0 Å². The van der Waals surface area contributed by atoms with E-state index in [2.05, 4.69) is 5.32 Å². The topological polar surface area (TPSA) is 96.0 Å². The number of benzene rings is 3. The molecule has 10 heteroatoms. The van der Waals surface area contributed by atoms with Gasteiger partial charge in [0.15, 0.2) is 0 Å². The second kappa shape index (κ2) is 14.9. The van der Waals surface area contributed by atoms with Gasteiger partial charge in [-0.1, -0.05) is 55.3 Å². The molecule has 0 aliphatic carbocycles. The van der Waals surface area contributed by atoms with E-state index in [1.807, 2.05) is 27.7 Å². The SMILES string of the molecule is CCCNC(=O)[C@H](CC)N(Cc1ccc(Cl)cc1)C(=O)CN(c1ccc(C)cc1)S(=O)(=O)c1ccc(OCC)cc1. The van der Waals surface area contributed by atoms with Crippen LogP contribution in [0.25, 0.3) is 0 Å². The second-order valence-electron chi connectivity index (χ2n) is 9.61. The van der Waals surface area contributed by atoms with Crippen LogP contribution in [-0.4, -0.2) is 50.9 Å². The fourth-order valence-corrected chi connectivity index (χ4v) is 5.85. The lowest BCUT2D eigenvalue weighted by atomic mass is 10.1. The van der Waals surface area contributed by atoms with E-state index in [-0.39, 0.29) is 17.3 Å². The van der Waals surface area contributed by atoms with Gasteiger partial charge in [0.25, 0.3) is 10.0 Å². The van der Waals surface area contributed by atoms with Crippen LogP contribution in [0.1, 0.15) is 44.7 Å². The molecular formula is C31H38ClN3O5S. The first-order valence-corrected chi connectivity index (χ1v) is 15.6. The molecule has 1 N–H and O–H groups in total. The van der Waals surface area contributed by atoms with Gasteiger partial charge in [-0.25, -0.2) is 8.42 Å². The number of hydrogen-bond acceptors (Lipinski definition) is 5. The Morgan fingerprint density at radius 2 is 1.56 bits per heavy atom. The molecule has 0 aromatic heterocycles. The van der Waals surface area contributed by atoms with Crippen LogP contribution in [0.4, 0.5) is 5.69 Å². The first-order valence-electron chi connectivity index (χ1n) is 13.7. The standard InChI is InChI=1S/C31H38ClN3O5S/c1-5-20-33-31(37)29(6-2)34(21-24-10-12-25(32)13-11-24)30(36)22-35(26-14-8-23(4)9-15-26)41(38,39)28-18-16-27(17-19-28)40-7-3/h8-19,29H,5-7,20-22H2,1-4H3,(H,33,37)/t29-/m0/s1. The van der Waals surface area contributed by atoms with Gasteiger partial charge in [0.2, 0.25) is 11.8 Å². The van der Waals surface area contributed by atoms with Crippen molar-refractivity contribution >= 4 is 39.1 Å². The van der Waals surface area contributed by atoms with Crippen LogP contribution < -0.4 is 14.4 Å². The quantitative estimate of drug-likeness (QED) is 0.261. The third kappa shape index (κ3) is 8.47. The summed E-state index contributed by atoms with van der Waals surface area (Å²) in [6.07, 6.45) is 1.10. The van der Waals surface area contributed by atoms with Crippen molar-refractivity contribution < 1.29 is 22.7 Å². The van der Waals surface area contributed by atoms with Gasteiger partial charge in [0.05, 0.1) is 17.2 Å². The Kier molecular flexibility index (Phi) is 11.6. The molecule has 0 saturated heterocycles. The van der Waals surface area contributed by atoms with Crippen molar-refractivity contribution in [2.24, 2.45) is 0 Å². The first-order chi connectivity index (χ1) is 19.6.